The van der Waals surface area contributed by atoms with Crippen LogP contribution >= 0.6 is 0 Å². The minimum absolute atomic E-state index is 0.0582. The number of anilines is 1. The van der Waals surface area contributed by atoms with Crippen molar-refractivity contribution in [3.63, 3.8) is 0 Å². The van der Waals surface area contributed by atoms with E-state index in [0.29, 0.717) is 5.56 Å². The number of hydrogen-bond donors (Lipinski definition) is 0. The SMILES string of the molecule is COC1CN(c2ccc(C)cc2C#N)CC1OC. The molecule has 1 aromatic carbocycles. The third-order valence-electron chi connectivity index (χ3n) is 3.43. The lowest BCUT2D eigenvalue weighted by atomic mass is 10.1. The molecular weight excluding hydrogens is 228 g/mol. The molecule has 4 heteroatoms. The van der Waals surface area contributed by atoms with Crippen LogP contribution in [0.4, 0.5) is 5.69 Å². The van der Waals surface area contributed by atoms with Crippen molar-refractivity contribution in [2.75, 3.05) is 32.2 Å². The van der Waals surface area contributed by atoms with Crippen molar-refractivity contribution >= 4 is 5.69 Å². The van der Waals surface area contributed by atoms with Gasteiger partial charge in [0.1, 0.15) is 18.3 Å². The lowest BCUT2D eigenvalue weighted by Gasteiger charge is -2.19. The Labute approximate surface area is 108 Å². The van der Waals surface area contributed by atoms with Gasteiger partial charge in [0, 0.05) is 27.3 Å². The molecule has 0 N–H and O–H groups in total. The molecule has 0 radical (unpaired) electrons. The zero-order valence-electron chi connectivity index (χ0n) is 11.0. The summed E-state index contributed by atoms with van der Waals surface area (Å²) < 4.78 is 10.8. The summed E-state index contributed by atoms with van der Waals surface area (Å²) in [6.07, 6.45) is 0.116. The van der Waals surface area contributed by atoms with Gasteiger partial charge in [-0.05, 0) is 24.6 Å². The van der Waals surface area contributed by atoms with Crippen LogP contribution in [0.2, 0.25) is 0 Å². The highest BCUT2D eigenvalue weighted by Gasteiger charge is 2.33. The van der Waals surface area contributed by atoms with Crippen LogP contribution in [0.1, 0.15) is 11.1 Å². The van der Waals surface area contributed by atoms with Gasteiger partial charge in [0.2, 0.25) is 0 Å². The molecule has 0 spiro atoms. The zero-order chi connectivity index (χ0) is 13.1. The van der Waals surface area contributed by atoms with Crippen molar-refractivity contribution in [1.29, 1.82) is 5.26 Å². The summed E-state index contributed by atoms with van der Waals surface area (Å²) in [5, 5.41) is 9.21. The summed E-state index contributed by atoms with van der Waals surface area (Å²) in [5.74, 6) is 0. The second-order valence-corrected chi connectivity index (χ2v) is 4.59. The van der Waals surface area contributed by atoms with Crippen LogP contribution in [-0.2, 0) is 9.47 Å². The fourth-order valence-corrected chi connectivity index (χ4v) is 2.41. The third kappa shape index (κ3) is 2.33. The van der Waals surface area contributed by atoms with Crippen molar-refractivity contribution < 1.29 is 9.47 Å². The summed E-state index contributed by atoms with van der Waals surface area (Å²) in [6.45, 7) is 3.50. The van der Waals surface area contributed by atoms with Crippen molar-refractivity contribution in [3.8, 4) is 6.07 Å². The van der Waals surface area contributed by atoms with Gasteiger partial charge < -0.3 is 14.4 Å². The number of hydrogen-bond acceptors (Lipinski definition) is 4. The first-order valence-corrected chi connectivity index (χ1v) is 6.01. The largest absolute Gasteiger partial charge is 0.377 e. The number of rotatable bonds is 3. The van der Waals surface area contributed by atoms with E-state index in [1.807, 2.05) is 25.1 Å². The second kappa shape index (κ2) is 5.38. The molecular formula is C14H18N2O2. The number of nitriles is 1. The lowest BCUT2D eigenvalue weighted by Crippen LogP contribution is -2.27. The maximum absolute atomic E-state index is 9.21. The molecule has 1 heterocycles. The van der Waals surface area contributed by atoms with Gasteiger partial charge in [-0.2, -0.15) is 5.26 Å². The van der Waals surface area contributed by atoms with Crippen molar-refractivity contribution in [3.05, 3.63) is 29.3 Å². The predicted molar refractivity (Wildman–Crippen MR) is 69.7 cm³/mol. The van der Waals surface area contributed by atoms with Crippen LogP contribution in [-0.4, -0.2) is 39.5 Å². The van der Waals surface area contributed by atoms with Gasteiger partial charge in [0.15, 0.2) is 0 Å². The summed E-state index contributed by atoms with van der Waals surface area (Å²) in [6, 6.07) is 8.19. The number of aryl methyl sites for hydroxylation is 1. The standard InChI is InChI=1S/C14H18N2O2/c1-10-4-5-12(11(6-10)7-15)16-8-13(17-2)14(9-16)18-3/h4-6,13-14H,8-9H2,1-3H3. The zero-order valence-corrected chi connectivity index (χ0v) is 11.0. The van der Waals surface area contributed by atoms with Gasteiger partial charge in [0.05, 0.1) is 11.3 Å². The van der Waals surface area contributed by atoms with Gasteiger partial charge in [-0.3, -0.25) is 0 Å². The molecule has 0 aromatic heterocycles. The average molecular weight is 246 g/mol. The molecule has 2 atom stereocenters. The van der Waals surface area contributed by atoms with E-state index in [-0.39, 0.29) is 12.2 Å². The van der Waals surface area contributed by atoms with E-state index in [1.165, 1.54) is 0 Å². The van der Waals surface area contributed by atoms with E-state index >= 15 is 0 Å². The monoisotopic (exact) mass is 246 g/mol. The van der Waals surface area contributed by atoms with Crippen LogP contribution in [0.25, 0.3) is 0 Å². The smallest absolute Gasteiger partial charge is 0.102 e. The Morgan fingerprint density at radius 1 is 1.22 bits per heavy atom. The first-order valence-electron chi connectivity index (χ1n) is 6.01. The van der Waals surface area contributed by atoms with Crippen LogP contribution in [0.15, 0.2) is 18.2 Å². The summed E-state index contributed by atoms with van der Waals surface area (Å²) >= 11 is 0. The fraction of sp³-hybridized carbons (Fsp3) is 0.500. The maximum atomic E-state index is 9.21. The molecule has 0 amide bonds. The third-order valence-corrected chi connectivity index (χ3v) is 3.43. The van der Waals surface area contributed by atoms with Crippen molar-refractivity contribution in [2.24, 2.45) is 0 Å². The van der Waals surface area contributed by atoms with Gasteiger partial charge in [-0.15, -0.1) is 0 Å². The molecule has 0 saturated carbocycles. The van der Waals surface area contributed by atoms with E-state index in [2.05, 4.69) is 11.0 Å². The summed E-state index contributed by atoms with van der Waals surface area (Å²) in [7, 11) is 3.39. The van der Waals surface area contributed by atoms with Crippen LogP contribution in [0, 0.1) is 18.3 Å². The van der Waals surface area contributed by atoms with E-state index in [0.717, 1.165) is 24.3 Å². The number of ether oxygens (including phenoxy) is 2. The van der Waals surface area contributed by atoms with Crippen LogP contribution < -0.4 is 4.90 Å². The van der Waals surface area contributed by atoms with Crippen molar-refractivity contribution in [1.82, 2.24) is 0 Å². The van der Waals surface area contributed by atoms with Gasteiger partial charge in [0.25, 0.3) is 0 Å². The molecule has 1 aliphatic rings. The highest BCUT2D eigenvalue weighted by molar-refractivity contribution is 5.61. The molecule has 2 unspecified atom stereocenters. The Morgan fingerprint density at radius 2 is 1.83 bits per heavy atom. The highest BCUT2D eigenvalue weighted by atomic mass is 16.5. The van der Waals surface area contributed by atoms with Crippen LogP contribution in [0.3, 0.4) is 0 Å². The van der Waals surface area contributed by atoms with Crippen molar-refractivity contribution in [2.45, 2.75) is 19.1 Å². The number of benzene rings is 1. The second-order valence-electron chi connectivity index (χ2n) is 4.59. The minimum atomic E-state index is 0.0582. The van der Waals surface area contributed by atoms with Gasteiger partial charge in [-0.1, -0.05) is 6.07 Å². The Kier molecular flexibility index (Phi) is 3.85. The first-order chi connectivity index (χ1) is 8.69. The van der Waals surface area contributed by atoms with E-state index in [9.17, 15) is 5.26 Å². The topological polar surface area (TPSA) is 45.5 Å². The molecule has 1 aromatic rings. The van der Waals surface area contributed by atoms with E-state index in [1.54, 1.807) is 14.2 Å². The van der Waals surface area contributed by atoms with Gasteiger partial charge in [-0.25, -0.2) is 0 Å². The number of nitrogens with zero attached hydrogens (tertiary/aromatic N) is 2. The fourth-order valence-electron chi connectivity index (χ4n) is 2.41. The highest BCUT2D eigenvalue weighted by Crippen LogP contribution is 2.27. The van der Waals surface area contributed by atoms with E-state index in [4.69, 9.17) is 9.47 Å². The molecule has 1 aliphatic heterocycles. The molecule has 1 fully saturated rings. The normalized spacial score (nSPS) is 23.1. The molecule has 96 valence electrons. The van der Waals surface area contributed by atoms with Crippen LogP contribution in [0.5, 0.6) is 0 Å². The molecule has 18 heavy (non-hydrogen) atoms. The summed E-state index contributed by atoms with van der Waals surface area (Å²) in [5.41, 5.74) is 2.77. The average Bonchev–Trinajstić information content (AvgIpc) is 2.81. The predicted octanol–water partition coefficient (Wildman–Crippen LogP) is 1.72. The molecule has 2 rings (SSSR count). The molecule has 1 saturated heterocycles. The quantitative estimate of drug-likeness (QED) is 0.814. The minimum Gasteiger partial charge on any atom is -0.377 e. The Balaban J connectivity index is 2.26. The first kappa shape index (κ1) is 12.9. The van der Waals surface area contributed by atoms with E-state index < -0.39 is 0 Å². The molecule has 0 aliphatic carbocycles. The molecule has 0 bridgehead atoms. The maximum Gasteiger partial charge on any atom is 0.102 e. The lowest BCUT2D eigenvalue weighted by molar-refractivity contribution is -0.00461. The number of methoxy groups -OCH3 is 2. The Morgan fingerprint density at radius 3 is 2.33 bits per heavy atom. The summed E-state index contributed by atoms with van der Waals surface area (Å²) in [4.78, 5) is 2.15. The Bertz CT molecular complexity index is 455. The molecule has 4 nitrogen and oxygen atoms in total. The Hall–Kier alpha value is -1.57. The van der Waals surface area contributed by atoms with Gasteiger partial charge >= 0.3 is 0 Å².